The molecule has 2 heterocycles. The van der Waals surface area contributed by atoms with Crippen molar-refractivity contribution in [3.63, 3.8) is 0 Å². The molecule has 1 aromatic heterocycles. The van der Waals surface area contributed by atoms with Crippen LogP contribution in [0.5, 0.6) is 0 Å². The lowest BCUT2D eigenvalue weighted by atomic mass is 9.98. The Labute approximate surface area is 115 Å². The van der Waals surface area contributed by atoms with Crippen molar-refractivity contribution in [3.8, 4) is 0 Å². The molecule has 0 aliphatic carbocycles. The Morgan fingerprint density at radius 2 is 2.26 bits per heavy atom. The summed E-state index contributed by atoms with van der Waals surface area (Å²) in [6.45, 7) is 1.59. The van der Waals surface area contributed by atoms with E-state index in [9.17, 15) is 4.79 Å². The van der Waals surface area contributed by atoms with E-state index in [1.165, 1.54) is 11.3 Å². The summed E-state index contributed by atoms with van der Waals surface area (Å²) >= 11 is 1.38. The van der Waals surface area contributed by atoms with Crippen LogP contribution >= 0.6 is 11.3 Å². The smallest absolute Gasteiger partial charge is 0.271 e. The van der Waals surface area contributed by atoms with E-state index in [2.05, 4.69) is 15.3 Å². The predicted octanol–water partition coefficient (Wildman–Crippen LogP) is 1.53. The molecule has 3 N–H and O–H groups in total. The first kappa shape index (κ1) is 13.5. The van der Waals surface area contributed by atoms with Crippen molar-refractivity contribution < 1.29 is 4.79 Å². The summed E-state index contributed by atoms with van der Waals surface area (Å²) in [6.07, 6.45) is 3.06. The molecule has 2 unspecified atom stereocenters. The normalized spacial score (nSPS) is 21.9. The number of nitrogens with one attached hydrogen (secondary N) is 3. The van der Waals surface area contributed by atoms with Crippen molar-refractivity contribution in [1.29, 1.82) is 10.8 Å². The second-order valence-corrected chi connectivity index (χ2v) is 5.10. The monoisotopic (exact) mass is 277 g/mol. The van der Waals surface area contributed by atoms with Crippen LogP contribution in [0.3, 0.4) is 0 Å². The molecule has 19 heavy (non-hydrogen) atoms. The fourth-order valence-corrected chi connectivity index (χ4v) is 2.37. The van der Waals surface area contributed by atoms with Crippen LogP contribution in [0.4, 0.5) is 0 Å². The molecule has 1 aromatic rings. The number of aromatic nitrogens is 1. The number of rotatable bonds is 4. The summed E-state index contributed by atoms with van der Waals surface area (Å²) < 4.78 is 0. The van der Waals surface area contributed by atoms with Crippen LogP contribution in [0.15, 0.2) is 15.9 Å². The van der Waals surface area contributed by atoms with E-state index in [0.29, 0.717) is 12.1 Å². The summed E-state index contributed by atoms with van der Waals surface area (Å²) in [4.78, 5) is 20.0. The first-order valence-electron chi connectivity index (χ1n) is 5.94. The van der Waals surface area contributed by atoms with Gasteiger partial charge in [0.25, 0.3) is 5.91 Å². The number of thiazole rings is 1. The van der Waals surface area contributed by atoms with Crippen LogP contribution in [-0.4, -0.2) is 40.6 Å². The van der Waals surface area contributed by atoms with Crippen molar-refractivity contribution in [2.24, 2.45) is 4.99 Å². The minimum atomic E-state index is -0.245. The maximum Gasteiger partial charge on any atom is 0.271 e. The number of nitrogens with zero attached hydrogens (tertiary/aromatic N) is 2. The molecule has 6 nitrogen and oxygen atoms in total. The Bertz CT molecular complexity index is 522. The lowest BCUT2D eigenvalue weighted by Crippen LogP contribution is -2.40. The molecular weight excluding hydrogens is 262 g/mol. The second-order valence-electron chi connectivity index (χ2n) is 4.38. The maximum absolute atomic E-state index is 11.8. The summed E-state index contributed by atoms with van der Waals surface area (Å²) in [5, 5.41) is 19.7. The first-order valence-corrected chi connectivity index (χ1v) is 6.88. The average molecular weight is 277 g/mol. The number of carbonyl (C=O) groups excluding carboxylic acids is 1. The van der Waals surface area contributed by atoms with Crippen molar-refractivity contribution in [2.45, 2.75) is 31.8 Å². The van der Waals surface area contributed by atoms with Gasteiger partial charge in [-0.05, 0) is 19.8 Å². The lowest BCUT2D eigenvalue weighted by molar-refractivity contribution is 0.0941. The number of carbonyl (C=O) groups is 1. The number of hydrogen-bond donors (Lipinski definition) is 3. The third kappa shape index (κ3) is 3.31. The molecule has 7 heteroatoms. The standard InChI is InChI=1S/C12H15N5OS/c1-7(13)11(14)9-3-2-8(4-15-9)17-12(18)10-5-19-6-16-10/h4-6,8-9,13-14H,2-3H2,1H3,(H,17,18). The highest BCUT2D eigenvalue weighted by Crippen LogP contribution is 2.13. The highest BCUT2D eigenvalue weighted by atomic mass is 32.1. The van der Waals surface area contributed by atoms with Crippen LogP contribution in [-0.2, 0) is 0 Å². The zero-order valence-electron chi connectivity index (χ0n) is 10.5. The first-order chi connectivity index (χ1) is 9.08. The van der Waals surface area contributed by atoms with Gasteiger partial charge in [-0.3, -0.25) is 9.79 Å². The van der Waals surface area contributed by atoms with Crippen molar-refractivity contribution in [2.75, 3.05) is 0 Å². The summed E-state index contributed by atoms with van der Waals surface area (Å²) in [5.41, 5.74) is 2.53. The Morgan fingerprint density at radius 1 is 1.47 bits per heavy atom. The molecule has 0 spiro atoms. The molecule has 0 fully saturated rings. The summed E-state index contributed by atoms with van der Waals surface area (Å²) in [6, 6.07) is -0.366. The Balaban J connectivity index is 1.92. The van der Waals surface area contributed by atoms with Gasteiger partial charge in [0.15, 0.2) is 0 Å². The Hall–Kier alpha value is -1.89. The molecule has 0 bridgehead atoms. The minimum Gasteiger partial charge on any atom is -0.343 e. The van der Waals surface area contributed by atoms with Gasteiger partial charge in [-0.2, -0.15) is 0 Å². The molecule has 1 amide bonds. The van der Waals surface area contributed by atoms with Gasteiger partial charge in [0.1, 0.15) is 5.69 Å². The minimum absolute atomic E-state index is 0.121. The Morgan fingerprint density at radius 3 is 2.79 bits per heavy atom. The van der Waals surface area contributed by atoms with Gasteiger partial charge in [-0.1, -0.05) is 0 Å². The van der Waals surface area contributed by atoms with E-state index in [-0.39, 0.29) is 29.4 Å². The van der Waals surface area contributed by atoms with E-state index in [1.807, 2.05) is 0 Å². The molecule has 0 saturated heterocycles. The van der Waals surface area contributed by atoms with Crippen LogP contribution < -0.4 is 5.32 Å². The molecule has 1 aliphatic heterocycles. The van der Waals surface area contributed by atoms with E-state index in [1.54, 1.807) is 24.0 Å². The van der Waals surface area contributed by atoms with Gasteiger partial charge in [0.05, 0.1) is 29.0 Å². The zero-order chi connectivity index (χ0) is 13.8. The predicted molar refractivity (Wildman–Crippen MR) is 76.0 cm³/mol. The van der Waals surface area contributed by atoms with Crippen LogP contribution in [0.25, 0.3) is 0 Å². The molecule has 1 aliphatic rings. The highest BCUT2D eigenvalue weighted by Gasteiger charge is 2.22. The molecule has 2 rings (SSSR count). The maximum atomic E-state index is 11.8. The second kappa shape index (κ2) is 5.83. The molecule has 100 valence electrons. The average Bonchev–Trinajstić information content (AvgIpc) is 2.92. The number of amides is 1. The zero-order valence-corrected chi connectivity index (χ0v) is 11.3. The van der Waals surface area contributed by atoms with E-state index < -0.39 is 0 Å². The topological polar surface area (TPSA) is 102 Å². The summed E-state index contributed by atoms with van der Waals surface area (Å²) in [7, 11) is 0. The molecule has 0 radical (unpaired) electrons. The quantitative estimate of drug-likeness (QED) is 0.727. The number of hydrogen-bond acceptors (Lipinski definition) is 6. The van der Waals surface area contributed by atoms with E-state index >= 15 is 0 Å². The molecule has 0 saturated carbocycles. The van der Waals surface area contributed by atoms with Crippen molar-refractivity contribution in [1.82, 2.24) is 10.3 Å². The van der Waals surface area contributed by atoms with E-state index in [4.69, 9.17) is 10.8 Å². The third-order valence-electron chi connectivity index (χ3n) is 2.92. The van der Waals surface area contributed by atoms with Gasteiger partial charge in [-0.15, -0.1) is 11.3 Å². The summed E-state index contributed by atoms with van der Waals surface area (Å²) in [5.74, 6) is -0.200. The Kier molecular flexibility index (Phi) is 4.16. The molecule has 0 aromatic carbocycles. The van der Waals surface area contributed by atoms with Gasteiger partial charge in [0.2, 0.25) is 0 Å². The van der Waals surface area contributed by atoms with Crippen molar-refractivity contribution >= 4 is 34.9 Å². The third-order valence-corrected chi connectivity index (χ3v) is 3.50. The van der Waals surface area contributed by atoms with Crippen molar-refractivity contribution in [3.05, 3.63) is 16.6 Å². The largest absolute Gasteiger partial charge is 0.343 e. The van der Waals surface area contributed by atoms with Gasteiger partial charge >= 0.3 is 0 Å². The van der Waals surface area contributed by atoms with Gasteiger partial charge in [0, 0.05) is 11.6 Å². The van der Waals surface area contributed by atoms with E-state index in [0.717, 1.165) is 6.42 Å². The molecular formula is C12H15N5OS. The van der Waals surface area contributed by atoms with Crippen LogP contribution in [0.2, 0.25) is 0 Å². The highest BCUT2D eigenvalue weighted by molar-refractivity contribution is 7.07. The van der Waals surface area contributed by atoms with Crippen LogP contribution in [0.1, 0.15) is 30.3 Å². The SMILES string of the molecule is CC(=N)C(=N)C1CCC(NC(=O)c2cscn2)C=N1. The number of aliphatic imine (C=N–C) groups is 1. The molecule has 2 atom stereocenters. The fraction of sp³-hybridized carbons (Fsp3) is 0.417. The van der Waals surface area contributed by atoms with Gasteiger partial charge in [-0.25, -0.2) is 4.98 Å². The lowest BCUT2D eigenvalue weighted by Gasteiger charge is -2.23. The fourth-order valence-electron chi connectivity index (χ4n) is 1.84. The van der Waals surface area contributed by atoms with Crippen LogP contribution in [0, 0.1) is 10.8 Å². The van der Waals surface area contributed by atoms with Gasteiger partial charge < -0.3 is 16.1 Å².